The van der Waals surface area contributed by atoms with Crippen LogP contribution in [0.4, 0.5) is 0 Å². The van der Waals surface area contributed by atoms with Crippen molar-refractivity contribution in [2.45, 2.75) is 64.1 Å². The molecule has 0 bridgehead atoms. The molecular formula is C16H24N2O2. The lowest BCUT2D eigenvalue weighted by atomic mass is 9.78. The molecule has 2 saturated heterocycles. The van der Waals surface area contributed by atoms with Crippen LogP contribution in [-0.2, 0) is 11.3 Å². The van der Waals surface area contributed by atoms with E-state index in [4.69, 9.17) is 4.42 Å². The van der Waals surface area contributed by atoms with Crippen LogP contribution in [0.1, 0.15) is 50.5 Å². The second-order valence-corrected chi connectivity index (χ2v) is 6.21. The van der Waals surface area contributed by atoms with E-state index in [-0.39, 0.29) is 11.4 Å². The van der Waals surface area contributed by atoms with Gasteiger partial charge in [-0.2, -0.15) is 0 Å². The number of nitrogens with one attached hydrogen (secondary N) is 1. The standard InChI is InChI=1S/C16H24N2O2/c1-3-14-16(9-7-15(19)17-16)8-4-10-18(14)11-13-6-5-12(2)20-13/h5-6,14H,3-4,7-11H2,1-2H3,(H,17,19)/t14-,16+/m1/s1. The molecule has 3 heterocycles. The summed E-state index contributed by atoms with van der Waals surface area (Å²) in [7, 11) is 0. The molecule has 2 aliphatic heterocycles. The van der Waals surface area contributed by atoms with Crippen LogP contribution >= 0.6 is 0 Å². The predicted octanol–water partition coefficient (Wildman–Crippen LogP) is 2.61. The van der Waals surface area contributed by atoms with Crippen LogP contribution in [-0.4, -0.2) is 28.9 Å². The first-order valence-electron chi connectivity index (χ1n) is 7.73. The summed E-state index contributed by atoms with van der Waals surface area (Å²) in [6.07, 6.45) is 5.00. The van der Waals surface area contributed by atoms with E-state index in [0.29, 0.717) is 12.5 Å². The largest absolute Gasteiger partial charge is 0.465 e. The molecule has 0 aliphatic carbocycles. The highest BCUT2D eigenvalue weighted by Gasteiger charge is 2.47. The van der Waals surface area contributed by atoms with Crippen LogP contribution in [0.3, 0.4) is 0 Å². The molecule has 110 valence electrons. The average molecular weight is 276 g/mol. The zero-order valence-corrected chi connectivity index (χ0v) is 12.4. The Morgan fingerprint density at radius 2 is 2.30 bits per heavy atom. The zero-order valence-electron chi connectivity index (χ0n) is 12.4. The number of nitrogens with zero attached hydrogens (tertiary/aromatic N) is 1. The fraction of sp³-hybridized carbons (Fsp3) is 0.688. The first-order valence-corrected chi connectivity index (χ1v) is 7.73. The third kappa shape index (κ3) is 2.37. The molecule has 1 aromatic rings. The van der Waals surface area contributed by atoms with Gasteiger partial charge in [0.1, 0.15) is 11.5 Å². The summed E-state index contributed by atoms with van der Waals surface area (Å²) in [6, 6.07) is 4.51. The predicted molar refractivity (Wildman–Crippen MR) is 77.3 cm³/mol. The molecule has 1 N–H and O–H groups in total. The fourth-order valence-electron chi connectivity index (χ4n) is 4.05. The number of carbonyl (C=O) groups excluding carboxylic acids is 1. The molecule has 2 aliphatic rings. The van der Waals surface area contributed by atoms with Crippen molar-refractivity contribution in [3.63, 3.8) is 0 Å². The maximum atomic E-state index is 11.7. The van der Waals surface area contributed by atoms with Gasteiger partial charge in [-0.25, -0.2) is 0 Å². The lowest BCUT2D eigenvalue weighted by Gasteiger charge is -2.47. The number of furan rings is 1. The van der Waals surface area contributed by atoms with E-state index in [1.54, 1.807) is 0 Å². The van der Waals surface area contributed by atoms with Crippen molar-refractivity contribution >= 4 is 5.91 Å². The highest BCUT2D eigenvalue weighted by atomic mass is 16.3. The quantitative estimate of drug-likeness (QED) is 0.923. The van der Waals surface area contributed by atoms with Crippen molar-refractivity contribution in [1.29, 1.82) is 0 Å². The van der Waals surface area contributed by atoms with Gasteiger partial charge < -0.3 is 9.73 Å². The van der Waals surface area contributed by atoms with E-state index in [9.17, 15) is 4.79 Å². The molecule has 2 fully saturated rings. The van der Waals surface area contributed by atoms with Gasteiger partial charge in [-0.1, -0.05) is 6.92 Å². The highest BCUT2D eigenvalue weighted by molar-refractivity contribution is 5.79. The lowest BCUT2D eigenvalue weighted by Crippen LogP contribution is -2.61. The number of hydrogen-bond acceptors (Lipinski definition) is 3. The first kappa shape index (κ1) is 13.7. The van der Waals surface area contributed by atoms with Gasteiger partial charge in [0.15, 0.2) is 0 Å². The van der Waals surface area contributed by atoms with Crippen molar-refractivity contribution < 1.29 is 9.21 Å². The molecule has 20 heavy (non-hydrogen) atoms. The van der Waals surface area contributed by atoms with E-state index in [0.717, 1.165) is 50.3 Å². The molecule has 0 saturated carbocycles. The number of likely N-dealkylation sites (tertiary alicyclic amines) is 1. The van der Waals surface area contributed by atoms with Crippen LogP contribution in [0.2, 0.25) is 0 Å². The van der Waals surface area contributed by atoms with Gasteiger partial charge in [0.2, 0.25) is 5.91 Å². The molecular weight excluding hydrogens is 252 g/mol. The second kappa shape index (κ2) is 5.24. The summed E-state index contributed by atoms with van der Waals surface area (Å²) < 4.78 is 5.72. The molecule has 3 rings (SSSR count). The molecule has 0 aromatic carbocycles. The number of piperidine rings is 1. The van der Waals surface area contributed by atoms with Gasteiger partial charge in [0.05, 0.1) is 12.1 Å². The summed E-state index contributed by atoms with van der Waals surface area (Å²) in [5, 5.41) is 3.28. The summed E-state index contributed by atoms with van der Waals surface area (Å²) >= 11 is 0. The Morgan fingerprint density at radius 1 is 1.45 bits per heavy atom. The Bertz CT molecular complexity index is 496. The number of hydrogen-bond donors (Lipinski definition) is 1. The van der Waals surface area contributed by atoms with Gasteiger partial charge >= 0.3 is 0 Å². The van der Waals surface area contributed by atoms with Crippen molar-refractivity contribution in [2.75, 3.05) is 6.54 Å². The Morgan fingerprint density at radius 3 is 2.90 bits per heavy atom. The van der Waals surface area contributed by atoms with Crippen LogP contribution < -0.4 is 5.32 Å². The monoisotopic (exact) mass is 276 g/mol. The van der Waals surface area contributed by atoms with Crippen molar-refractivity contribution in [1.82, 2.24) is 10.2 Å². The van der Waals surface area contributed by atoms with Gasteiger partial charge in [-0.3, -0.25) is 9.69 Å². The smallest absolute Gasteiger partial charge is 0.220 e. The number of amides is 1. The maximum absolute atomic E-state index is 11.7. The Balaban J connectivity index is 1.78. The third-order valence-electron chi connectivity index (χ3n) is 4.88. The van der Waals surface area contributed by atoms with Crippen molar-refractivity contribution in [3.8, 4) is 0 Å². The van der Waals surface area contributed by atoms with Gasteiger partial charge in [0.25, 0.3) is 0 Å². The number of carbonyl (C=O) groups is 1. The summed E-state index contributed by atoms with van der Waals surface area (Å²) in [5.74, 6) is 2.22. The van der Waals surface area contributed by atoms with Gasteiger partial charge in [-0.15, -0.1) is 0 Å². The molecule has 2 atom stereocenters. The normalized spacial score (nSPS) is 30.9. The van der Waals surface area contributed by atoms with Crippen LogP contribution in [0.25, 0.3) is 0 Å². The fourth-order valence-corrected chi connectivity index (χ4v) is 4.05. The summed E-state index contributed by atoms with van der Waals surface area (Å²) in [5.41, 5.74) is 0.00568. The Labute approximate surface area is 120 Å². The highest BCUT2D eigenvalue weighted by Crippen LogP contribution is 2.37. The zero-order chi connectivity index (χ0) is 14.2. The van der Waals surface area contributed by atoms with Crippen LogP contribution in [0.15, 0.2) is 16.5 Å². The summed E-state index contributed by atoms with van der Waals surface area (Å²) in [6.45, 7) is 6.15. The number of aryl methyl sites for hydroxylation is 1. The van der Waals surface area contributed by atoms with E-state index < -0.39 is 0 Å². The van der Waals surface area contributed by atoms with Crippen molar-refractivity contribution in [2.24, 2.45) is 0 Å². The minimum Gasteiger partial charge on any atom is -0.465 e. The van der Waals surface area contributed by atoms with Crippen LogP contribution in [0.5, 0.6) is 0 Å². The Kier molecular flexibility index (Phi) is 3.59. The van der Waals surface area contributed by atoms with Gasteiger partial charge in [-0.05, 0) is 51.3 Å². The molecule has 1 amide bonds. The topological polar surface area (TPSA) is 45.5 Å². The van der Waals surface area contributed by atoms with E-state index in [2.05, 4.69) is 23.2 Å². The molecule has 1 aromatic heterocycles. The maximum Gasteiger partial charge on any atom is 0.220 e. The van der Waals surface area contributed by atoms with Gasteiger partial charge in [0, 0.05) is 12.5 Å². The van der Waals surface area contributed by atoms with E-state index in [1.807, 2.05) is 13.0 Å². The molecule has 1 spiro atoms. The molecule has 4 heteroatoms. The van der Waals surface area contributed by atoms with E-state index in [1.165, 1.54) is 0 Å². The number of rotatable bonds is 3. The summed E-state index contributed by atoms with van der Waals surface area (Å²) in [4.78, 5) is 14.2. The lowest BCUT2D eigenvalue weighted by molar-refractivity contribution is -0.120. The van der Waals surface area contributed by atoms with Crippen LogP contribution in [0, 0.1) is 6.92 Å². The molecule has 4 nitrogen and oxygen atoms in total. The second-order valence-electron chi connectivity index (χ2n) is 6.21. The third-order valence-corrected chi connectivity index (χ3v) is 4.88. The SMILES string of the molecule is CC[C@H]1N(Cc2ccc(C)o2)CCC[C@]12CCC(=O)N2. The van der Waals surface area contributed by atoms with Crippen molar-refractivity contribution in [3.05, 3.63) is 23.7 Å². The minimum atomic E-state index is 0.00568. The average Bonchev–Trinajstić information content (AvgIpc) is 2.97. The molecule has 0 radical (unpaired) electrons. The molecule has 0 unspecified atom stereocenters. The Hall–Kier alpha value is -1.29. The minimum absolute atomic E-state index is 0.00568. The van der Waals surface area contributed by atoms with E-state index >= 15 is 0 Å². The first-order chi connectivity index (χ1) is 9.63.